The molecule has 1 N–H and O–H groups in total. The summed E-state index contributed by atoms with van der Waals surface area (Å²) in [7, 11) is 0. The number of piperidine rings is 1. The van der Waals surface area contributed by atoms with E-state index < -0.39 is 0 Å². The molecule has 1 aliphatic carbocycles. The zero-order valence-electron chi connectivity index (χ0n) is 16.0. The number of rotatable bonds is 5. The summed E-state index contributed by atoms with van der Waals surface area (Å²) in [5, 5.41) is 3.53. The number of esters is 1. The molecule has 0 aromatic heterocycles. The van der Waals surface area contributed by atoms with Gasteiger partial charge in [-0.25, -0.2) is 0 Å². The summed E-state index contributed by atoms with van der Waals surface area (Å²) >= 11 is 5.86. The molecule has 2 aliphatic rings. The molecule has 0 unspecified atom stereocenters. The van der Waals surface area contributed by atoms with Crippen LogP contribution in [-0.4, -0.2) is 48.4 Å². The average molecular weight is 407 g/mol. The van der Waals surface area contributed by atoms with Crippen LogP contribution in [0.3, 0.4) is 0 Å². The standard InChI is InChI=1S/C21H27ClN2O4/c22-17-8-6-15(7-9-17)20(26)24-12-10-16(11-13-24)21(27)28-14-19(25)23-18-4-2-1-3-5-18/h6-9,16,18H,1-5,10-14H2,(H,23,25). The first-order chi connectivity index (χ1) is 13.5. The third-order valence-electron chi connectivity index (χ3n) is 5.52. The second-order valence-corrected chi connectivity index (χ2v) is 8.02. The number of amides is 2. The van der Waals surface area contributed by atoms with Gasteiger partial charge >= 0.3 is 5.97 Å². The third kappa shape index (κ3) is 5.71. The van der Waals surface area contributed by atoms with E-state index in [0.717, 1.165) is 25.7 Å². The number of likely N-dealkylation sites (tertiary alicyclic amines) is 1. The van der Waals surface area contributed by atoms with Crippen molar-refractivity contribution in [3.8, 4) is 0 Å². The van der Waals surface area contributed by atoms with Crippen molar-refractivity contribution in [3.05, 3.63) is 34.9 Å². The average Bonchev–Trinajstić information content (AvgIpc) is 2.73. The first kappa shape index (κ1) is 20.6. The molecule has 2 amide bonds. The van der Waals surface area contributed by atoms with Crippen LogP contribution in [0.4, 0.5) is 0 Å². The van der Waals surface area contributed by atoms with Gasteiger partial charge in [-0.3, -0.25) is 14.4 Å². The summed E-state index contributed by atoms with van der Waals surface area (Å²) in [6, 6.07) is 7.00. The van der Waals surface area contributed by atoms with Gasteiger partial charge in [-0.1, -0.05) is 30.9 Å². The highest BCUT2D eigenvalue weighted by Crippen LogP contribution is 2.21. The molecule has 1 aliphatic heterocycles. The lowest BCUT2D eigenvalue weighted by Gasteiger charge is -2.31. The Morgan fingerprint density at radius 1 is 1.00 bits per heavy atom. The van der Waals surface area contributed by atoms with Gasteiger partial charge in [0.25, 0.3) is 11.8 Å². The van der Waals surface area contributed by atoms with Crippen LogP contribution >= 0.6 is 11.6 Å². The smallest absolute Gasteiger partial charge is 0.309 e. The molecule has 1 aromatic rings. The number of nitrogens with one attached hydrogen (secondary N) is 1. The number of hydrogen-bond donors (Lipinski definition) is 1. The molecule has 2 fully saturated rings. The zero-order chi connectivity index (χ0) is 19.9. The van der Waals surface area contributed by atoms with E-state index in [1.165, 1.54) is 6.42 Å². The highest BCUT2D eigenvalue weighted by Gasteiger charge is 2.29. The number of halogens is 1. The zero-order valence-corrected chi connectivity index (χ0v) is 16.7. The van der Waals surface area contributed by atoms with E-state index >= 15 is 0 Å². The van der Waals surface area contributed by atoms with E-state index in [9.17, 15) is 14.4 Å². The molecular formula is C21H27ClN2O4. The number of hydrogen-bond acceptors (Lipinski definition) is 4. The Labute approximate surface area is 170 Å². The van der Waals surface area contributed by atoms with Gasteiger partial charge in [0.2, 0.25) is 0 Å². The van der Waals surface area contributed by atoms with E-state index in [4.69, 9.17) is 16.3 Å². The molecule has 28 heavy (non-hydrogen) atoms. The minimum absolute atomic E-state index is 0.0599. The van der Waals surface area contributed by atoms with Gasteiger partial charge in [0.1, 0.15) is 0 Å². The number of benzene rings is 1. The van der Waals surface area contributed by atoms with Crippen molar-refractivity contribution in [1.29, 1.82) is 0 Å². The molecule has 7 heteroatoms. The van der Waals surface area contributed by atoms with Crippen molar-refractivity contribution in [2.45, 2.75) is 51.0 Å². The fourth-order valence-corrected chi connectivity index (χ4v) is 3.99. The second kappa shape index (κ2) is 9.92. The monoisotopic (exact) mass is 406 g/mol. The molecule has 1 saturated carbocycles. The molecule has 0 bridgehead atoms. The minimum Gasteiger partial charge on any atom is -0.455 e. The molecule has 0 atom stereocenters. The molecule has 152 valence electrons. The highest BCUT2D eigenvalue weighted by molar-refractivity contribution is 6.30. The van der Waals surface area contributed by atoms with Crippen LogP contribution in [0.2, 0.25) is 5.02 Å². The van der Waals surface area contributed by atoms with Crippen molar-refractivity contribution < 1.29 is 19.1 Å². The van der Waals surface area contributed by atoms with Gasteiger partial charge < -0.3 is 15.0 Å². The SMILES string of the molecule is O=C(COC(=O)C1CCN(C(=O)c2ccc(Cl)cc2)CC1)NC1CCCCC1. The summed E-state index contributed by atoms with van der Waals surface area (Å²) in [5.41, 5.74) is 0.588. The number of nitrogens with zero attached hydrogens (tertiary/aromatic N) is 1. The van der Waals surface area contributed by atoms with E-state index in [1.54, 1.807) is 29.2 Å². The fraction of sp³-hybridized carbons (Fsp3) is 0.571. The minimum atomic E-state index is -0.350. The van der Waals surface area contributed by atoms with Crippen molar-refractivity contribution >= 4 is 29.4 Å². The Hall–Kier alpha value is -2.08. The second-order valence-electron chi connectivity index (χ2n) is 7.58. The summed E-state index contributed by atoms with van der Waals surface area (Å²) in [6.45, 7) is 0.768. The van der Waals surface area contributed by atoms with E-state index in [-0.39, 0.29) is 36.4 Å². The van der Waals surface area contributed by atoms with Crippen LogP contribution < -0.4 is 5.32 Å². The lowest BCUT2D eigenvalue weighted by atomic mass is 9.95. The third-order valence-corrected chi connectivity index (χ3v) is 5.77. The molecule has 3 rings (SSSR count). The van der Waals surface area contributed by atoms with Crippen molar-refractivity contribution in [3.63, 3.8) is 0 Å². The maximum Gasteiger partial charge on any atom is 0.309 e. The maximum absolute atomic E-state index is 12.5. The maximum atomic E-state index is 12.5. The van der Waals surface area contributed by atoms with Gasteiger partial charge in [-0.2, -0.15) is 0 Å². The summed E-state index contributed by atoms with van der Waals surface area (Å²) in [6.07, 6.45) is 6.58. The Bertz CT molecular complexity index is 693. The predicted molar refractivity (Wildman–Crippen MR) is 106 cm³/mol. The van der Waals surface area contributed by atoms with E-state index in [2.05, 4.69) is 5.32 Å². The Balaban J connectivity index is 1.39. The highest BCUT2D eigenvalue weighted by atomic mass is 35.5. The topological polar surface area (TPSA) is 75.7 Å². The van der Waals surface area contributed by atoms with Crippen LogP contribution in [0.25, 0.3) is 0 Å². The van der Waals surface area contributed by atoms with Crippen LogP contribution in [0.15, 0.2) is 24.3 Å². The quantitative estimate of drug-likeness (QED) is 0.762. The molecule has 0 radical (unpaired) electrons. The number of carbonyl (C=O) groups is 3. The molecule has 6 nitrogen and oxygen atoms in total. The van der Waals surface area contributed by atoms with Crippen LogP contribution in [0.1, 0.15) is 55.3 Å². The molecule has 1 saturated heterocycles. The number of carbonyl (C=O) groups excluding carboxylic acids is 3. The van der Waals surface area contributed by atoms with Gasteiger partial charge in [0.15, 0.2) is 6.61 Å². The molecule has 1 heterocycles. The first-order valence-electron chi connectivity index (χ1n) is 10.0. The largest absolute Gasteiger partial charge is 0.455 e. The fourth-order valence-electron chi connectivity index (χ4n) is 3.86. The normalized spacial score (nSPS) is 18.5. The Kier molecular flexibility index (Phi) is 7.31. The van der Waals surface area contributed by atoms with E-state index in [1.807, 2.05) is 0 Å². The van der Waals surface area contributed by atoms with Gasteiger partial charge in [0, 0.05) is 29.7 Å². The van der Waals surface area contributed by atoms with Crippen LogP contribution in [-0.2, 0) is 14.3 Å². The van der Waals surface area contributed by atoms with E-state index in [0.29, 0.717) is 36.5 Å². The van der Waals surface area contributed by atoms with Crippen molar-refractivity contribution in [1.82, 2.24) is 10.2 Å². The summed E-state index contributed by atoms with van der Waals surface area (Å²) in [4.78, 5) is 38.5. The lowest BCUT2D eigenvalue weighted by molar-refractivity contribution is -0.154. The molecular weight excluding hydrogens is 380 g/mol. The first-order valence-corrected chi connectivity index (χ1v) is 10.4. The number of ether oxygens (including phenoxy) is 1. The Morgan fingerprint density at radius 2 is 1.64 bits per heavy atom. The van der Waals surface area contributed by atoms with Gasteiger partial charge in [-0.05, 0) is 49.9 Å². The van der Waals surface area contributed by atoms with Gasteiger partial charge in [0.05, 0.1) is 5.92 Å². The van der Waals surface area contributed by atoms with Crippen LogP contribution in [0, 0.1) is 5.92 Å². The summed E-state index contributed by atoms with van der Waals surface area (Å²) in [5.74, 6) is -0.903. The van der Waals surface area contributed by atoms with Crippen molar-refractivity contribution in [2.75, 3.05) is 19.7 Å². The predicted octanol–water partition coefficient (Wildman–Crippen LogP) is 3.18. The molecule has 0 spiro atoms. The van der Waals surface area contributed by atoms with Crippen molar-refractivity contribution in [2.24, 2.45) is 5.92 Å². The Morgan fingerprint density at radius 3 is 2.29 bits per heavy atom. The summed E-state index contributed by atoms with van der Waals surface area (Å²) < 4.78 is 5.21. The van der Waals surface area contributed by atoms with Crippen LogP contribution in [0.5, 0.6) is 0 Å². The van der Waals surface area contributed by atoms with Gasteiger partial charge in [-0.15, -0.1) is 0 Å². The molecule has 1 aromatic carbocycles. The lowest BCUT2D eigenvalue weighted by Crippen LogP contribution is -2.42.